The summed E-state index contributed by atoms with van der Waals surface area (Å²) in [5, 5.41) is 3.08. The number of nitrogens with one attached hydrogen (secondary N) is 1. The van der Waals surface area contributed by atoms with Gasteiger partial charge >= 0.3 is 7.60 Å². The van der Waals surface area contributed by atoms with Crippen LogP contribution in [0, 0.1) is 0 Å². The molecule has 0 radical (unpaired) electrons. The Bertz CT molecular complexity index is 781. The highest BCUT2D eigenvalue weighted by Gasteiger charge is 2.41. The van der Waals surface area contributed by atoms with Crippen molar-refractivity contribution < 1.29 is 27.3 Å². The molecule has 2 aromatic rings. The predicted molar refractivity (Wildman–Crippen MR) is 96.0 cm³/mol. The summed E-state index contributed by atoms with van der Waals surface area (Å²) in [6, 6.07) is 17.4. The fourth-order valence-corrected chi connectivity index (χ4v) is 4.93. The van der Waals surface area contributed by atoms with Gasteiger partial charge in [-0.3, -0.25) is 9.12 Å². The first-order valence-corrected chi connectivity index (χ1v) is 10.7. The summed E-state index contributed by atoms with van der Waals surface area (Å²) in [6.07, 6.45) is -0.103. The maximum Gasteiger partial charge on any atom is 0.346 e. The van der Waals surface area contributed by atoms with E-state index >= 15 is 0 Å². The van der Waals surface area contributed by atoms with Crippen molar-refractivity contribution in [1.29, 1.82) is 0 Å². The monoisotopic (exact) mass is 385 g/mol. The van der Waals surface area contributed by atoms with Gasteiger partial charge in [-0.25, -0.2) is 0 Å². The Kier molecular flexibility index (Phi) is 6.37. The Morgan fingerprint density at radius 3 is 1.96 bits per heavy atom. The molecule has 4 N–H and O–H groups in total. The molecule has 2 aromatic carbocycles. The molecule has 0 saturated heterocycles. The Labute approximate surface area is 146 Å². The minimum absolute atomic E-state index is 0.335. The Hall–Kier alpha value is -1.70. The van der Waals surface area contributed by atoms with Crippen molar-refractivity contribution in [2.45, 2.75) is 23.9 Å². The molecule has 9 heteroatoms. The van der Waals surface area contributed by atoms with Crippen LogP contribution in [0.4, 0.5) is 5.69 Å². The molecule has 0 spiro atoms. The van der Waals surface area contributed by atoms with Crippen LogP contribution in [0.1, 0.15) is 12.0 Å². The van der Waals surface area contributed by atoms with Crippen molar-refractivity contribution in [3.8, 4) is 0 Å². The van der Waals surface area contributed by atoms with Gasteiger partial charge in [0.25, 0.3) is 10.1 Å². The maximum atomic E-state index is 11.5. The van der Waals surface area contributed by atoms with E-state index in [1.165, 1.54) is 0 Å². The molecule has 0 fully saturated rings. The highest BCUT2D eigenvalue weighted by Crippen LogP contribution is 2.46. The molecule has 0 amide bonds. The lowest BCUT2D eigenvalue weighted by Crippen LogP contribution is -2.32. The SMILES string of the molecule is O=P(O)(O)C(CC(Cc1ccccc1)Nc1ccccc1)S(=O)(=O)O. The van der Waals surface area contributed by atoms with E-state index in [2.05, 4.69) is 5.32 Å². The quantitative estimate of drug-likeness (QED) is 0.406. The van der Waals surface area contributed by atoms with Gasteiger partial charge in [-0.15, -0.1) is 0 Å². The van der Waals surface area contributed by atoms with Gasteiger partial charge in [-0.1, -0.05) is 48.5 Å². The lowest BCUT2D eigenvalue weighted by Gasteiger charge is -2.24. The van der Waals surface area contributed by atoms with Gasteiger partial charge in [0.2, 0.25) is 0 Å². The van der Waals surface area contributed by atoms with E-state index < -0.39 is 35.2 Å². The third-order valence-corrected chi connectivity index (χ3v) is 7.14. The minimum Gasteiger partial charge on any atom is -0.382 e. The zero-order valence-corrected chi connectivity index (χ0v) is 15.0. The second-order valence-electron chi connectivity index (χ2n) is 5.69. The zero-order valence-electron chi connectivity index (χ0n) is 13.3. The molecule has 25 heavy (non-hydrogen) atoms. The average Bonchev–Trinajstić information content (AvgIpc) is 2.52. The van der Waals surface area contributed by atoms with Gasteiger partial charge in [0, 0.05) is 11.7 Å². The first kappa shape index (κ1) is 19.6. The van der Waals surface area contributed by atoms with Gasteiger partial charge in [0.15, 0.2) is 4.99 Å². The number of rotatable bonds is 8. The molecule has 7 nitrogen and oxygen atoms in total. The van der Waals surface area contributed by atoms with Gasteiger partial charge in [-0.05, 0) is 30.5 Å². The van der Waals surface area contributed by atoms with E-state index in [0.29, 0.717) is 12.1 Å². The Balaban J connectivity index is 2.28. The molecular formula is C16H20NO6PS. The van der Waals surface area contributed by atoms with Crippen molar-refractivity contribution in [2.75, 3.05) is 5.32 Å². The van der Waals surface area contributed by atoms with Gasteiger partial charge in [-0.2, -0.15) is 8.42 Å². The largest absolute Gasteiger partial charge is 0.382 e. The minimum atomic E-state index is -5.04. The number of anilines is 1. The van der Waals surface area contributed by atoms with Crippen LogP contribution < -0.4 is 5.32 Å². The summed E-state index contributed by atoms with van der Waals surface area (Å²) in [7, 11) is -9.94. The van der Waals surface area contributed by atoms with E-state index in [-0.39, 0.29) is 0 Å². The van der Waals surface area contributed by atoms with E-state index in [0.717, 1.165) is 5.56 Å². The number of hydrogen-bond donors (Lipinski definition) is 4. The van der Waals surface area contributed by atoms with Crippen molar-refractivity contribution in [1.82, 2.24) is 0 Å². The maximum absolute atomic E-state index is 11.5. The molecular weight excluding hydrogens is 365 g/mol. The highest BCUT2D eigenvalue weighted by atomic mass is 32.2. The lowest BCUT2D eigenvalue weighted by molar-refractivity contribution is 0.358. The smallest absolute Gasteiger partial charge is 0.346 e. The Morgan fingerprint density at radius 1 is 0.960 bits per heavy atom. The van der Waals surface area contributed by atoms with E-state index in [1.807, 2.05) is 36.4 Å². The molecule has 0 aliphatic rings. The first-order chi connectivity index (χ1) is 11.7. The van der Waals surface area contributed by atoms with Crippen molar-refractivity contribution in [3.63, 3.8) is 0 Å². The lowest BCUT2D eigenvalue weighted by atomic mass is 10.0. The standard InChI is InChI=1S/C16H20NO6PS/c18-24(19,20)16(25(21,22)23)12-15(11-13-7-3-1-4-8-13)17-14-9-5-2-6-10-14/h1-10,15-17H,11-12H2,(H2,18,19,20)(H,21,22,23). The summed E-state index contributed by atoms with van der Waals surface area (Å²) in [5.41, 5.74) is 1.55. The van der Waals surface area contributed by atoms with Crippen molar-refractivity contribution >= 4 is 23.4 Å². The van der Waals surface area contributed by atoms with Crippen LogP contribution in [-0.2, 0) is 21.1 Å². The first-order valence-electron chi connectivity index (χ1n) is 7.53. The molecule has 2 unspecified atom stereocenters. The van der Waals surface area contributed by atoms with E-state index in [1.54, 1.807) is 24.3 Å². The molecule has 0 aliphatic heterocycles. The molecule has 0 saturated carbocycles. The van der Waals surface area contributed by atoms with E-state index in [4.69, 9.17) is 0 Å². The third kappa shape index (κ3) is 6.26. The zero-order chi connectivity index (χ0) is 18.5. The molecule has 2 rings (SSSR count). The van der Waals surface area contributed by atoms with Crippen LogP contribution in [0.15, 0.2) is 60.7 Å². The van der Waals surface area contributed by atoms with Crippen molar-refractivity contribution in [2.24, 2.45) is 0 Å². The molecule has 136 valence electrons. The molecule has 2 atom stereocenters. The molecule has 0 aromatic heterocycles. The van der Waals surface area contributed by atoms with Crippen LogP contribution in [0.5, 0.6) is 0 Å². The van der Waals surface area contributed by atoms with E-state index in [9.17, 15) is 27.3 Å². The molecule has 0 heterocycles. The number of benzene rings is 2. The van der Waals surface area contributed by atoms with Crippen LogP contribution in [0.3, 0.4) is 0 Å². The van der Waals surface area contributed by atoms with Crippen LogP contribution >= 0.6 is 7.60 Å². The predicted octanol–water partition coefficient (Wildman–Crippen LogP) is 2.49. The summed E-state index contributed by atoms with van der Waals surface area (Å²) >= 11 is 0. The highest BCUT2D eigenvalue weighted by molar-refractivity contribution is 7.93. The van der Waals surface area contributed by atoms with Crippen LogP contribution in [-0.4, -0.2) is 33.8 Å². The summed E-state index contributed by atoms with van der Waals surface area (Å²) in [4.78, 5) is 16.5. The second-order valence-corrected chi connectivity index (χ2v) is 9.44. The van der Waals surface area contributed by atoms with Crippen LogP contribution in [0.2, 0.25) is 0 Å². The Morgan fingerprint density at radius 2 is 1.48 bits per heavy atom. The number of hydrogen-bond acceptors (Lipinski definition) is 4. The number of para-hydroxylation sites is 1. The molecule has 0 aliphatic carbocycles. The summed E-state index contributed by atoms with van der Waals surface area (Å²) in [5.74, 6) is 0. The summed E-state index contributed by atoms with van der Waals surface area (Å²) < 4.78 is 43.7. The van der Waals surface area contributed by atoms with Crippen molar-refractivity contribution in [3.05, 3.63) is 66.2 Å². The normalized spacial score (nSPS) is 14.7. The average molecular weight is 385 g/mol. The molecule has 0 bridgehead atoms. The fourth-order valence-electron chi connectivity index (χ4n) is 2.54. The van der Waals surface area contributed by atoms with Gasteiger partial charge in [0.1, 0.15) is 0 Å². The van der Waals surface area contributed by atoms with Gasteiger partial charge in [0.05, 0.1) is 0 Å². The fraction of sp³-hybridized carbons (Fsp3) is 0.250. The second kappa shape index (κ2) is 8.12. The topological polar surface area (TPSA) is 124 Å². The third-order valence-electron chi connectivity index (χ3n) is 3.67. The summed E-state index contributed by atoms with van der Waals surface area (Å²) in [6.45, 7) is 0. The van der Waals surface area contributed by atoms with Crippen LogP contribution in [0.25, 0.3) is 0 Å². The van der Waals surface area contributed by atoms with Gasteiger partial charge < -0.3 is 15.1 Å².